The number of benzene rings is 2. The fourth-order valence-electron chi connectivity index (χ4n) is 2.67. The first kappa shape index (κ1) is 22.7. The second-order valence-electron chi connectivity index (χ2n) is 6.78. The number of rotatable bonds is 12. The van der Waals surface area contributed by atoms with Gasteiger partial charge in [-0.25, -0.2) is 9.59 Å². The Labute approximate surface area is 175 Å². The van der Waals surface area contributed by atoms with E-state index in [1.807, 2.05) is 30.3 Å². The molecule has 8 nitrogen and oxygen atoms in total. The smallest absolute Gasteiger partial charge is 0.408 e. The Balaban J connectivity index is 1.79. The fraction of sp³-hybridized carbons (Fsp3) is 0.318. The Morgan fingerprint density at radius 2 is 1.73 bits per heavy atom. The van der Waals surface area contributed by atoms with E-state index in [4.69, 9.17) is 20.6 Å². The lowest BCUT2D eigenvalue weighted by Gasteiger charge is -2.15. The summed E-state index contributed by atoms with van der Waals surface area (Å²) in [6.45, 7) is 0.580. The summed E-state index contributed by atoms with van der Waals surface area (Å²) in [5, 5.41) is 19.0. The summed E-state index contributed by atoms with van der Waals surface area (Å²) in [6, 6.07) is 15.1. The molecule has 0 heterocycles. The van der Waals surface area contributed by atoms with Crippen LogP contribution in [0.2, 0.25) is 0 Å². The molecule has 0 spiro atoms. The van der Waals surface area contributed by atoms with Gasteiger partial charge in [-0.3, -0.25) is 5.41 Å². The van der Waals surface area contributed by atoms with Gasteiger partial charge >= 0.3 is 12.1 Å². The van der Waals surface area contributed by atoms with Crippen molar-refractivity contribution >= 4 is 17.9 Å². The van der Waals surface area contributed by atoms with Crippen molar-refractivity contribution in [2.75, 3.05) is 6.61 Å². The Morgan fingerprint density at radius 3 is 2.37 bits per heavy atom. The van der Waals surface area contributed by atoms with Gasteiger partial charge in [0, 0.05) is 12.8 Å². The van der Waals surface area contributed by atoms with Crippen molar-refractivity contribution in [1.82, 2.24) is 5.32 Å². The minimum Gasteiger partial charge on any atom is -0.494 e. The number of carbonyl (C=O) groups excluding carboxylic acids is 1. The molecule has 2 aromatic carbocycles. The van der Waals surface area contributed by atoms with Crippen molar-refractivity contribution in [3.05, 3.63) is 65.7 Å². The van der Waals surface area contributed by atoms with Gasteiger partial charge in [0.05, 0.1) is 12.4 Å². The minimum atomic E-state index is -1.14. The summed E-state index contributed by atoms with van der Waals surface area (Å²) < 4.78 is 10.7. The summed E-state index contributed by atoms with van der Waals surface area (Å²) in [6.07, 6.45) is 1.47. The van der Waals surface area contributed by atoms with Crippen molar-refractivity contribution in [3.8, 4) is 5.75 Å². The highest BCUT2D eigenvalue weighted by molar-refractivity contribution is 5.80. The van der Waals surface area contributed by atoms with E-state index in [9.17, 15) is 14.7 Å². The molecule has 5 N–H and O–H groups in total. The van der Waals surface area contributed by atoms with Crippen LogP contribution < -0.4 is 15.8 Å². The molecule has 0 radical (unpaired) electrons. The van der Waals surface area contributed by atoms with E-state index >= 15 is 0 Å². The number of hydrogen-bond donors (Lipinski definition) is 4. The molecule has 0 aliphatic heterocycles. The number of alkyl carbamates (subject to hydrolysis) is 1. The predicted molar refractivity (Wildman–Crippen MR) is 113 cm³/mol. The molecule has 30 heavy (non-hydrogen) atoms. The lowest BCUT2D eigenvalue weighted by Crippen LogP contribution is -2.42. The van der Waals surface area contributed by atoms with E-state index < -0.39 is 18.1 Å². The summed E-state index contributed by atoms with van der Waals surface area (Å²) in [5.74, 6) is -0.300. The van der Waals surface area contributed by atoms with Crippen LogP contribution in [0.5, 0.6) is 5.75 Å². The van der Waals surface area contributed by atoms with Crippen LogP contribution >= 0.6 is 0 Å². The number of nitrogens with two attached hydrogens (primary N) is 1. The second kappa shape index (κ2) is 12.1. The van der Waals surface area contributed by atoms with Gasteiger partial charge in [-0.15, -0.1) is 0 Å². The Bertz CT molecular complexity index is 824. The first-order valence-electron chi connectivity index (χ1n) is 9.68. The standard InChI is InChI=1S/C22H27N3O5/c23-20(24)8-4-5-13-29-18-11-9-16(10-12-18)14-19(21(26)27)25-22(28)30-15-17-6-2-1-3-7-17/h1-3,6-7,9-12,19H,4-5,8,13-15H2,(H3,23,24)(H,25,28)(H,26,27)/t19-/m0/s1. The predicted octanol–water partition coefficient (Wildman–Crippen LogP) is 3.09. The van der Waals surface area contributed by atoms with E-state index in [0.29, 0.717) is 18.8 Å². The van der Waals surface area contributed by atoms with Gasteiger partial charge in [0.1, 0.15) is 18.4 Å². The zero-order chi connectivity index (χ0) is 21.8. The first-order chi connectivity index (χ1) is 14.4. The Kier molecular flexibility index (Phi) is 9.18. The zero-order valence-electron chi connectivity index (χ0n) is 16.7. The number of amidine groups is 1. The number of amides is 1. The number of aliphatic carboxylic acids is 1. The van der Waals surface area contributed by atoms with Gasteiger partial charge in [0.25, 0.3) is 0 Å². The van der Waals surface area contributed by atoms with E-state index in [2.05, 4.69) is 5.32 Å². The molecule has 0 fully saturated rings. The molecule has 1 amide bonds. The lowest BCUT2D eigenvalue weighted by molar-refractivity contribution is -0.139. The van der Waals surface area contributed by atoms with Crippen LogP contribution in [0.15, 0.2) is 54.6 Å². The van der Waals surface area contributed by atoms with E-state index in [-0.39, 0.29) is 18.9 Å². The van der Waals surface area contributed by atoms with Crippen LogP contribution in [0, 0.1) is 5.41 Å². The van der Waals surface area contributed by atoms with Gasteiger partial charge < -0.3 is 25.6 Å². The molecule has 0 aromatic heterocycles. The van der Waals surface area contributed by atoms with Crippen LogP contribution in [-0.2, 0) is 22.6 Å². The highest BCUT2D eigenvalue weighted by Crippen LogP contribution is 2.14. The van der Waals surface area contributed by atoms with Crippen LogP contribution in [-0.4, -0.2) is 35.7 Å². The number of ether oxygens (including phenoxy) is 2. The van der Waals surface area contributed by atoms with Gasteiger partial charge in [-0.1, -0.05) is 42.5 Å². The number of carbonyl (C=O) groups is 2. The van der Waals surface area contributed by atoms with Gasteiger partial charge in [-0.2, -0.15) is 0 Å². The summed E-state index contributed by atoms with van der Waals surface area (Å²) >= 11 is 0. The second-order valence-corrected chi connectivity index (χ2v) is 6.78. The quantitative estimate of drug-likeness (QED) is 0.240. The number of nitrogens with one attached hydrogen (secondary N) is 2. The highest BCUT2D eigenvalue weighted by Gasteiger charge is 2.21. The van der Waals surface area contributed by atoms with Crippen LogP contribution in [0.3, 0.4) is 0 Å². The van der Waals surface area contributed by atoms with E-state index in [1.54, 1.807) is 24.3 Å². The molecule has 0 bridgehead atoms. The SMILES string of the molecule is N=C(N)CCCCOc1ccc(C[C@H](NC(=O)OCc2ccccc2)C(=O)O)cc1. The van der Waals surface area contributed by atoms with Crippen molar-refractivity contribution in [2.24, 2.45) is 5.73 Å². The Hall–Kier alpha value is -3.55. The summed E-state index contributed by atoms with van der Waals surface area (Å²) in [4.78, 5) is 23.5. The maximum absolute atomic E-state index is 12.0. The maximum Gasteiger partial charge on any atom is 0.408 e. The highest BCUT2D eigenvalue weighted by atomic mass is 16.5. The summed E-state index contributed by atoms with van der Waals surface area (Å²) in [5.41, 5.74) is 6.86. The molecule has 160 valence electrons. The average molecular weight is 413 g/mol. The molecule has 0 aliphatic rings. The third-order valence-corrected chi connectivity index (χ3v) is 4.28. The first-order valence-corrected chi connectivity index (χ1v) is 9.68. The van der Waals surface area contributed by atoms with E-state index in [0.717, 1.165) is 24.0 Å². The molecule has 2 rings (SSSR count). The molecule has 2 aromatic rings. The zero-order valence-corrected chi connectivity index (χ0v) is 16.7. The molecular formula is C22H27N3O5. The van der Waals surface area contributed by atoms with Crippen molar-refractivity contribution in [3.63, 3.8) is 0 Å². The molecule has 0 unspecified atom stereocenters. The lowest BCUT2D eigenvalue weighted by atomic mass is 10.1. The molecule has 1 atom stereocenters. The minimum absolute atomic E-state index is 0.0669. The van der Waals surface area contributed by atoms with E-state index in [1.165, 1.54) is 0 Å². The average Bonchev–Trinajstić information content (AvgIpc) is 2.73. The van der Waals surface area contributed by atoms with Crippen LogP contribution in [0.25, 0.3) is 0 Å². The van der Waals surface area contributed by atoms with Crippen LogP contribution in [0.4, 0.5) is 4.79 Å². The molecule has 8 heteroatoms. The van der Waals surface area contributed by atoms with Gasteiger partial charge in [-0.05, 0) is 36.1 Å². The Morgan fingerprint density at radius 1 is 1.03 bits per heavy atom. The number of carboxylic acid groups (broad SMARTS) is 1. The van der Waals surface area contributed by atoms with Crippen molar-refractivity contribution in [1.29, 1.82) is 5.41 Å². The molecule has 0 aliphatic carbocycles. The van der Waals surface area contributed by atoms with Gasteiger partial charge in [0.2, 0.25) is 0 Å². The maximum atomic E-state index is 12.0. The number of hydrogen-bond acceptors (Lipinski definition) is 5. The molecule has 0 saturated carbocycles. The monoisotopic (exact) mass is 413 g/mol. The molecule has 0 saturated heterocycles. The molecular weight excluding hydrogens is 386 g/mol. The van der Waals surface area contributed by atoms with Gasteiger partial charge in [0.15, 0.2) is 0 Å². The number of carboxylic acids is 1. The number of unbranched alkanes of at least 4 members (excludes halogenated alkanes) is 1. The largest absolute Gasteiger partial charge is 0.494 e. The third-order valence-electron chi connectivity index (χ3n) is 4.28. The van der Waals surface area contributed by atoms with Crippen molar-refractivity contribution in [2.45, 2.75) is 38.3 Å². The summed E-state index contributed by atoms with van der Waals surface area (Å²) in [7, 11) is 0. The fourth-order valence-corrected chi connectivity index (χ4v) is 2.67. The third kappa shape index (κ3) is 8.64. The normalized spacial score (nSPS) is 11.3. The van der Waals surface area contributed by atoms with Crippen molar-refractivity contribution < 1.29 is 24.2 Å². The topological polar surface area (TPSA) is 135 Å². The van der Waals surface area contributed by atoms with Crippen LogP contribution in [0.1, 0.15) is 30.4 Å².